The van der Waals surface area contributed by atoms with Crippen molar-refractivity contribution in [3.05, 3.63) is 42.7 Å². The van der Waals surface area contributed by atoms with Crippen LogP contribution in [0.4, 0.5) is 5.95 Å². The number of methoxy groups -OCH3 is 1. The molecule has 1 aliphatic heterocycles. The summed E-state index contributed by atoms with van der Waals surface area (Å²) in [6, 6.07) is 8.98. The highest BCUT2D eigenvalue weighted by molar-refractivity contribution is 5.78. The van der Waals surface area contributed by atoms with Crippen LogP contribution in [0.3, 0.4) is 0 Å². The van der Waals surface area contributed by atoms with Gasteiger partial charge in [0.05, 0.1) is 7.11 Å². The molecule has 7 nitrogen and oxygen atoms in total. The van der Waals surface area contributed by atoms with Crippen molar-refractivity contribution in [3.8, 4) is 11.5 Å². The number of hydrogen-bond donors (Lipinski definition) is 0. The molecular formula is C17H20N4O3. The van der Waals surface area contributed by atoms with E-state index in [-0.39, 0.29) is 12.5 Å². The van der Waals surface area contributed by atoms with Gasteiger partial charge >= 0.3 is 0 Å². The molecule has 0 radical (unpaired) electrons. The van der Waals surface area contributed by atoms with Crippen molar-refractivity contribution in [3.63, 3.8) is 0 Å². The Morgan fingerprint density at radius 2 is 1.67 bits per heavy atom. The van der Waals surface area contributed by atoms with Gasteiger partial charge in [-0.15, -0.1) is 0 Å². The first-order valence-electron chi connectivity index (χ1n) is 7.83. The molecule has 126 valence electrons. The van der Waals surface area contributed by atoms with E-state index in [4.69, 9.17) is 9.47 Å². The van der Waals surface area contributed by atoms with Gasteiger partial charge in [0.2, 0.25) is 5.95 Å². The monoisotopic (exact) mass is 328 g/mol. The van der Waals surface area contributed by atoms with E-state index in [1.165, 1.54) is 0 Å². The van der Waals surface area contributed by atoms with Gasteiger partial charge in [0.25, 0.3) is 5.91 Å². The Kier molecular flexibility index (Phi) is 5.10. The van der Waals surface area contributed by atoms with Crippen LogP contribution in [0.25, 0.3) is 0 Å². The summed E-state index contributed by atoms with van der Waals surface area (Å²) >= 11 is 0. The van der Waals surface area contributed by atoms with Gasteiger partial charge in [0.15, 0.2) is 6.61 Å². The highest BCUT2D eigenvalue weighted by Crippen LogP contribution is 2.17. The lowest BCUT2D eigenvalue weighted by Gasteiger charge is -2.34. The van der Waals surface area contributed by atoms with Crippen LogP contribution in [0.2, 0.25) is 0 Å². The molecule has 1 amide bonds. The highest BCUT2D eigenvalue weighted by atomic mass is 16.5. The number of piperazine rings is 1. The number of carbonyl (C=O) groups excluding carboxylic acids is 1. The molecule has 0 bridgehead atoms. The van der Waals surface area contributed by atoms with E-state index in [0.717, 1.165) is 18.8 Å². The quantitative estimate of drug-likeness (QED) is 0.822. The summed E-state index contributed by atoms with van der Waals surface area (Å²) in [4.78, 5) is 24.6. The minimum atomic E-state index is -0.0144. The second-order valence-electron chi connectivity index (χ2n) is 5.38. The molecule has 7 heteroatoms. The molecule has 0 unspecified atom stereocenters. The summed E-state index contributed by atoms with van der Waals surface area (Å²) in [5.41, 5.74) is 0. The van der Waals surface area contributed by atoms with E-state index in [9.17, 15) is 4.79 Å². The number of ether oxygens (including phenoxy) is 2. The Morgan fingerprint density at radius 3 is 2.29 bits per heavy atom. The molecule has 0 saturated carbocycles. The summed E-state index contributed by atoms with van der Waals surface area (Å²) in [6.07, 6.45) is 3.45. The van der Waals surface area contributed by atoms with E-state index in [1.54, 1.807) is 49.8 Å². The Labute approximate surface area is 140 Å². The predicted molar refractivity (Wildman–Crippen MR) is 89.3 cm³/mol. The van der Waals surface area contributed by atoms with Gasteiger partial charge in [-0.05, 0) is 30.3 Å². The standard InChI is InChI=1S/C17H20N4O3/c1-23-14-3-5-15(6-4-14)24-13-16(22)20-9-11-21(12-10-20)17-18-7-2-8-19-17/h2-8H,9-13H2,1H3. The smallest absolute Gasteiger partial charge is 0.260 e. The van der Waals surface area contributed by atoms with E-state index in [1.807, 2.05) is 4.90 Å². The summed E-state index contributed by atoms with van der Waals surface area (Å²) in [7, 11) is 1.61. The lowest BCUT2D eigenvalue weighted by atomic mass is 10.3. The normalized spacial score (nSPS) is 14.4. The Hall–Kier alpha value is -2.83. The minimum Gasteiger partial charge on any atom is -0.497 e. The number of anilines is 1. The predicted octanol–water partition coefficient (Wildman–Crippen LogP) is 1.21. The van der Waals surface area contributed by atoms with Crippen LogP contribution in [-0.4, -0.2) is 60.7 Å². The molecule has 1 aromatic heterocycles. The van der Waals surface area contributed by atoms with Crippen molar-refractivity contribution < 1.29 is 14.3 Å². The fourth-order valence-corrected chi connectivity index (χ4v) is 2.52. The van der Waals surface area contributed by atoms with Crippen LogP contribution >= 0.6 is 0 Å². The van der Waals surface area contributed by atoms with Gasteiger partial charge in [0.1, 0.15) is 11.5 Å². The van der Waals surface area contributed by atoms with E-state index in [2.05, 4.69) is 14.9 Å². The lowest BCUT2D eigenvalue weighted by molar-refractivity contribution is -0.133. The van der Waals surface area contributed by atoms with Crippen LogP contribution in [0.5, 0.6) is 11.5 Å². The number of hydrogen-bond acceptors (Lipinski definition) is 6. The maximum Gasteiger partial charge on any atom is 0.260 e. The van der Waals surface area contributed by atoms with Gasteiger partial charge in [-0.3, -0.25) is 4.79 Å². The molecule has 2 heterocycles. The van der Waals surface area contributed by atoms with Gasteiger partial charge < -0.3 is 19.3 Å². The molecule has 3 rings (SSSR count). The molecule has 1 aliphatic rings. The van der Waals surface area contributed by atoms with Crippen LogP contribution in [-0.2, 0) is 4.79 Å². The summed E-state index contributed by atoms with van der Waals surface area (Å²) in [5.74, 6) is 2.10. The number of benzene rings is 1. The van der Waals surface area contributed by atoms with Crippen molar-refractivity contribution in [2.45, 2.75) is 0 Å². The third kappa shape index (κ3) is 3.92. The molecule has 1 saturated heterocycles. The third-order valence-corrected chi connectivity index (χ3v) is 3.89. The van der Waals surface area contributed by atoms with Crippen molar-refractivity contribution in [1.82, 2.24) is 14.9 Å². The average molecular weight is 328 g/mol. The van der Waals surface area contributed by atoms with Crippen LogP contribution in [0.15, 0.2) is 42.7 Å². The van der Waals surface area contributed by atoms with E-state index >= 15 is 0 Å². The number of nitrogens with zero attached hydrogens (tertiary/aromatic N) is 4. The van der Waals surface area contributed by atoms with Crippen molar-refractivity contribution in [1.29, 1.82) is 0 Å². The molecular weight excluding hydrogens is 308 g/mol. The number of carbonyl (C=O) groups is 1. The van der Waals surface area contributed by atoms with Gasteiger partial charge in [-0.1, -0.05) is 0 Å². The van der Waals surface area contributed by atoms with Crippen molar-refractivity contribution >= 4 is 11.9 Å². The van der Waals surface area contributed by atoms with E-state index in [0.29, 0.717) is 24.8 Å². The minimum absolute atomic E-state index is 0.0144. The lowest BCUT2D eigenvalue weighted by Crippen LogP contribution is -2.50. The first-order chi connectivity index (χ1) is 11.8. The molecule has 0 aliphatic carbocycles. The van der Waals surface area contributed by atoms with Gasteiger partial charge in [0, 0.05) is 38.6 Å². The third-order valence-electron chi connectivity index (χ3n) is 3.89. The second-order valence-corrected chi connectivity index (χ2v) is 5.38. The molecule has 24 heavy (non-hydrogen) atoms. The van der Waals surface area contributed by atoms with Crippen LogP contribution < -0.4 is 14.4 Å². The van der Waals surface area contributed by atoms with Crippen molar-refractivity contribution in [2.75, 3.05) is 44.8 Å². The topological polar surface area (TPSA) is 67.8 Å². The summed E-state index contributed by atoms with van der Waals surface area (Å²) in [6.45, 7) is 2.76. The highest BCUT2D eigenvalue weighted by Gasteiger charge is 2.22. The first kappa shape index (κ1) is 16.0. The molecule has 0 atom stereocenters. The number of aromatic nitrogens is 2. The Bertz CT molecular complexity index is 655. The average Bonchev–Trinajstić information content (AvgIpc) is 2.67. The summed E-state index contributed by atoms with van der Waals surface area (Å²) in [5, 5.41) is 0. The SMILES string of the molecule is COc1ccc(OCC(=O)N2CCN(c3ncccn3)CC2)cc1. The maximum absolute atomic E-state index is 12.3. The zero-order valence-corrected chi connectivity index (χ0v) is 13.6. The zero-order chi connectivity index (χ0) is 16.8. The van der Waals surface area contributed by atoms with Gasteiger partial charge in [-0.2, -0.15) is 0 Å². The zero-order valence-electron chi connectivity index (χ0n) is 13.6. The molecule has 2 aromatic rings. The summed E-state index contributed by atoms with van der Waals surface area (Å²) < 4.78 is 10.6. The number of rotatable bonds is 5. The Balaban J connectivity index is 1.46. The van der Waals surface area contributed by atoms with Crippen molar-refractivity contribution in [2.24, 2.45) is 0 Å². The first-order valence-corrected chi connectivity index (χ1v) is 7.83. The van der Waals surface area contributed by atoms with E-state index < -0.39 is 0 Å². The van der Waals surface area contributed by atoms with Crippen LogP contribution in [0.1, 0.15) is 0 Å². The number of amides is 1. The largest absolute Gasteiger partial charge is 0.497 e. The molecule has 1 fully saturated rings. The second kappa shape index (κ2) is 7.63. The maximum atomic E-state index is 12.3. The fourth-order valence-electron chi connectivity index (χ4n) is 2.52. The molecule has 0 N–H and O–H groups in total. The molecule has 0 spiro atoms. The van der Waals surface area contributed by atoms with Gasteiger partial charge in [-0.25, -0.2) is 9.97 Å². The molecule has 1 aromatic carbocycles. The Morgan fingerprint density at radius 1 is 1.04 bits per heavy atom. The van der Waals surface area contributed by atoms with Crippen LogP contribution in [0, 0.1) is 0 Å². The fraction of sp³-hybridized carbons (Fsp3) is 0.353.